The van der Waals surface area contributed by atoms with Crippen LogP contribution in [0, 0.1) is 56.9 Å². The summed E-state index contributed by atoms with van der Waals surface area (Å²) in [5.74, 6) is 0.547. The second kappa shape index (κ2) is 16.9. The van der Waals surface area contributed by atoms with Crippen LogP contribution < -0.4 is 0 Å². The molecular weight excluding hydrogens is 675 g/mol. The molecular formula is C34H42IrN3O2-. The molecule has 3 aromatic rings. The molecule has 0 spiro atoms. The number of aryl methyl sites for hydroxylation is 4. The summed E-state index contributed by atoms with van der Waals surface area (Å²) in [4.78, 5) is 21.1. The molecule has 1 aromatic heterocycles. The van der Waals surface area contributed by atoms with Gasteiger partial charge >= 0.3 is 0 Å². The van der Waals surface area contributed by atoms with Crippen molar-refractivity contribution in [3.63, 3.8) is 0 Å². The zero-order valence-corrected chi connectivity index (χ0v) is 27.5. The first kappa shape index (κ1) is 34.9. The van der Waals surface area contributed by atoms with E-state index in [2.05, 4.69) is 36.2 Å². The van der Waals surface area contributed by atoms with Crippen LogP contribution in [-0.2, 0) is 24.9 Å². The van der Waals surface area contributed by atoms with E-state index in [-0.39, 0.29) is 43.5 Å². The Hall–Kier alpha value is -3.13. The van der Waals surface area contributed by atoms with Crippen LogP contribution in [0.1, 0.15) is 81.3 Å². The van der Waals surface area contributed by atoms with Gasteiger partial charge in [0.25, 0.3) is 0 Å². The van der Waals surface area contributed by atoms with Gasteiger partial charge in [-0.25, -0.2) is 0 Å². The maximum Gasteiger partial charge on any atom is 0.162 e. The number of allylic oxidation sites excluding steroid dienone is 2. The van der Waals surface area contributed by atoms with Crippen molar-refractivity contribution in [1.82, 2.24) is 9.97 Å². The number of rotatable bonds is 9. The van der Waals surface area contributed by atoms with Crippen LogP contribution in [0.3, 0.4) is 0 Å². The number of benzene rings is 2. The summed E-state index contributed by atoms with van der Waals surface area (Å²) in [7, 11) is 0. The van der Waals surface area contributed by atoms with Crippen molar-refractivity contribution in [2.24, 2.45) is 11.8 Å². The number of aromatic nitrogens is 2. The Morgan fingerprint density at radius 3 is 2.15 bits per heavy atom. The zero-order valence-electron chi connectivity index (χ0n) is 25.1. The monoisotopic (exact) mass is 717 g/mol. The predicted molar refractivity (Wildman–Crippen MR) is 159 cm³/mol. The van der Waals surface area contributed by atoms with Crippen molar-refractivity contribution in [3.8, 4) is 28.6 Å². The Morgan fingerprint density at radius 2 is 1.62 bits per heavy atom. The van der Waals surface area contributed by atoms with E-state index < -0.39 is 0 Å². The largest absolute Gasteiger partial charge is 0.512 e. The topological polar surface area (TPSA) is 86.9 Å². The van der Waals surface area contributed by atoms with E-state index >= 15 is 0 Å². The van der Waals surface area contributed by atoms with Crippen LogP contribution in [0.5, 0.6) is 0 Å². The summed E-state index contributed by atoms with van der Waals surface area (Å²) in [6, 6.07) is 15.3. The Kier molecular flexibility index (Phi) is 14.7. The summed E-state index contributed by atoms with van der Waals surface area (Å²) >= 11 is 0. The molecule has 3 rings (SSSR count). The third-order valence-corrected chi connectivity index (χ3v) is 7.07. The van der Waals surface area contributed by atoms with Crippen molar-refractivity contribution in [3.05, 3.63) is 82.4 Å². The van der Waals surface area contributed by atoms with Gasteiger partial charge in [0.2, 0.25) is 0 Å². The molecule has 0 saturated heterocycles. The fraction of sp³-hybridized carbons (Fsp3) is 0.412. The first-order valence-corrected chi connectivity index (χ1v) is 13.9. The molecule has 0 unspecified atom stereocenters. The fourth-order valence-electron chi connectivity index (χ4n) is 4.65. The average Bonchev–Trinajstić information content (AvgIpc) is 2.90. The molecule has 0 bridgehead atoms. The number of carbonyl (C=O) groups is 1. The predicted octanol–water partition coefficient (Wildman–Crippen LogP) is 8.58. The molecule has 0 aliphatic carbocycles. The van der Waals surface area contributed by atoms with E-state index in [0.717, 1.165) is 65.0 Å². The second-order valence-electron chi connectivity index (χ2n) is 10.1. The van der Waals surface area contributed by atoms with Gasteiger partial charge < -0.3 is 10.1 Å². The molecule has 40 heavy (non-hydrogen) atoms. The van der Waals surface area contributed by atoms with Gasteiger partial charge in [0.15, 0.2) is 5.78 Å². The van der Waals surface area contributed by atoms with Crippen LogP contribution in [0.25, 0.3) is 22.5 Å². The third-order valence-electron chi connectivity index (χ3n) is 7.07. The molecule has 0 aliphatic heterocycles. The molecule has 1 heterocycles. The molecule has 0 fully saturated rings. The minimum Gasteiger partial charge on any atom is -0.512 e. The van der Waals surface area contributed by atoms with Gasteiger partial charge in [0.05, 0.1) is 23.1 Å². The van der Waals surface area contributed by atoms with E-state index in [9.17, 15) is 9.90 Å². The molecule has 0 atom stereocenters. The molecule has 1 radical (unpaired) electrons. The van der Waals surface area contributed by atoms with Gasteiger partial charge in [-0.3, -0.25) is 9.78 Å². The van der Waals surface area contributed by atoms with Crippen LogP contribution >= 0.6 is 0 Å². The molecule has 6 heteroatoms. The summed E-state index contributed by atoms with van der Waals surface area (Å²) in [6.07, 6.45) is 6.68. The minimum atomic E-state index is 0. The van der Waals surface area contributed by atoms with Crippen molar-refractivity contribution in [1.29, 1.82) is 5.26 Å². The Balaban J connectivity index is 0.000000437. The SMILES string of the molecule is CCC(CC)C(=O)/C=C(\O)C(CC)CC.Cc1[c-]c(-c2ncc(-c3cc(C#N)ccc3C)nc2C)cc(C)c1.[Ir]. The number of carbonyl (C=O) groups excluding carboxylic acids is 1. The molecule has 215 valence electrons. The zero-order chi connectivity index (χ0) is 29.1. The average molecular weight is 717 g/mol. The van der Waals surface area contributed by atoms with Crippen molar-refractivity contribution in [2.45, 2.75) is 81.1 Å². The van der Waals surface area contributed by atoms with Crippen LogP contribution in [-0.4, -0.2) is 20.9 Å². The van der Waals surface area contributed by atoms with Crippen molar-refractivity contribution >= 4 is 5.78 Å². The minimum absolute atomic E-state index is 0. The number of hydrogen-bond donors (Lipinski definition) is 1. The molecule has 2 aromatic carbocycles. The quantitative estimate of drug-likeness (QED) is 0.136. The number of aliphatic hydroxyl groups is 1. The van der Waals surface area contributed by atoms with Crippen molar-refractivity contribution < 1.29 is 30.0 Å². The van der Waals surface area contributed by atoms with Gasteiger partial charge in [0, 0.05) is 61.2 Å². The first-order valence-electron chi connectivity index (χ1n) is 13.9. The van der Waals surface area contributed by atoms with Gasteiger partial charge in [-0.05, 0) is 57.2 Å². The molecule has 0 saturated carbocycles. The number of ketones is 1. The number of hydrogen-bond acceptors (Lipinski definition) is 5. The van der Waals surface area contributed by atoms with Gasteiger partial charge in [-0.2, -0.15) is 5.26 Å². The van der Waals surface area contributed by atoms with E-state index in [1.807, 2.05) is 66.7 Å². The Morgan fingerprint density at radius 1 is 1.00 bits per heavy atom. The summed E-state index contributed by atoms with van der Waals surface area (Å²) < 4.78 is 0. The van der Waals surface area contributed by atoms with Crippen LogP contribution in [0.4, 0.5) is 0 Å². The maximum absolute atomic E-state index is 11.7. The Labute approximate surface area is 254 Å². The van der Waals surface area contributed by atoms with E-state index in [1.165, 1.54) is 11.6 Å². The standard InChI is InChI=1S/C21H18N3.C13H24O2.Ir/c1-13-7-14(2)9-18(8-13)21-16(4)24-20(12-23-21)19-10-17(11-22)6-5-15(19)3;1-5-10(6-2)12(14)9-13(15)11(7-3)8-4;/h5-8,10,12H,1-4H3;9-11,14H,5-8H2,1-4H3;/q-1;;/b;12-9-;. The van der Waals surface area contributed by atoms with Crippen molar-refractivity contribution in [2.75, 3.05) is 0 Å². The van der Waals surface area contributed by atoms with Gasteiger partial charge in [-0.15, -0.1) is 34.9 Å². The number of nitrogens with zero attached hydrogens (tertiary/aromatic N) is 3. The number of aliphatic hydroxyl groups excluding tert-OH is 1. The Bertz CT molecular complexity index is 1330. The molecule has 0 amide bonds. The summed E-state index contributed by atoms with van der Waals surface area (Å²) in [5.41, 5.74) is 8.38. The van der Waals surface area contributed by atoms with Crippen LogP contribution in [0.15, 0.2) is 48.4 Å². The number of nitriles is 1. The molecule has 0 aliphatic rings. The van der Waals surface area contributed by atoms with E-state index in [0.29, 0.717) is 5.56 Å². The molecule has 5 nitrogen and oxygen atoms in total. The third kappa shape index (κ3) is 9.51. The molecule has 1 N–H and O–H groups in total. The second-order valence-corrected chi connectivity index (χ2v) is 10.1. The summed E-state index contributed by atoms with van der Waals surface area (Å²) in [5, 5.41) is 18.9. The fourth-order valence-corrected chi connectivity index (χ4v) is 4.65. The maximum atomic E-state index is 11.7. The van der Waals surface area contributed by atoms with Gasteiger partial charge in [0.1, 0.15) is 0 Å². The first-order chi connectivity index (χ1) is 18.6. The smallest absolute Gasteiger partial charge is 0.162 e. The van der Waals surface area contributed by atoms with Gasteiger partial charge in [-0.1, -0.05) is 47.6 Å². The normalized spacial score (nSPS) is 11.0. The van der Waals surface area contributed by atoms with E-state index in [4.69, 9.17) is 10.2 Å². The van der Waals surface area contributed by atoms with Crippen LogP contribution in [0.2, 0.25) is 0 Å². The van der Waals surface area contributed by atoms with E-state index in [1.54, 1.807) is 6.20 Å². The summed E-state index contributed by atoms with van der Waals surface area (Å²) in [6.45, 7) is 16.1.